The topological polar surface area (TPSA) is 81.1 Å². The highest BCUT2D eigenvalue weighted by Crippen LogP contribution is 2.39. The van der Waals surface area contributed by atoms with Gasteiger partial charge in [-0.1, -0.05) is 36.8 Å². The molecule has 5 aromatic rings. The number of nitrogens with two attached hydrogens (primary N) is 1. The molecule has 0 bridgehead atoms. The summed E-state index contributed by atoms with van der Waals surface area (Å²) in [5.74, 6) is 2.90. The minimum Gasteiger partial charge on any atom is -0.382 e. The summed E-state index contributed by atoms with van der Waals surface area (Å²) in [5, 5.41) is 4.53. The molecular formula is C26H24N6. The second kappa shape index (κ2) is 7.34. The fourth-order valence-corrected chi connectivity index (χ4v) is 4.53. The fraction of sp³-hybridized carbons (Fsp3) is 0.192. The zero-order valence-electron chi connectivity index (χ0n) is 17.9. The third kappa shape index (κ3) is 3.07. The molecule has 1 aliphatic rings. The van der Waals surface area contributed by atoms with Crippen LogP contribution in [0.2, 0.25) is 0 Å². The molecule has 0 amide bonds. The van der Waals surface area contributed by atoms with Crippen LogP contribution in [0.15, 0.2) is 67.0 Å². The quantitative estimate of drug-likeness (QED) is 0.381. The second-order valence-corrected chi connectivity index (χ2v) is 8.52. The van der Waals surface area contributed by atoms with Gasteiger partial charge in [0.05, 0.1) is 5.52 Å². The van der Waals surface area contributed by atoms with Gasteiger partial charge < -0.3 is 11.1 Å². The summed E-state index contributed by atoms with van der Waals surface area (Å²) in [7, 11) is 0. The van der Waals surface area contributed by atoms with Gasteiger partial charge >= 0.3 is 0 Å². The predicted molar refractivity (Wildman–Crippen MR) is 129 cm³/mol. The molecule has 0 aliphatic heterocycles. The maximum atomic E-state index is 6.32. The Bertz CT molecular complexity index is 1450. The molecule has 32 heavy (non-hydrogen) atoms. The molecule has 6 rings (SSSR count). The summed E-state index contributed by atoms with van der Waals surface area (Å²) in [6, 6.07) is 18.5. The van der Waals surface area contributed by atoms with E-state index in [9.17, 15) is 0 Å². The van der Waals surface area contributed by atoms with Crippen LogP contribution in [-0.4, -0.2) is 19.4 Å². The molecule has 1 fully saturated rings. The molecule has 3 aromatic heterocycles. The maximum Gasteiger partial charge on any atom is 0.150 e. The first-order chi connectivity index (χ1) is 15.7. The first-order valence-corrected chi connectivity index (χ1v) is 11.0. The van der Waals surface area contributed by atoms with E-state index in [-0.39, 0.29) is 0 Å². The highest BCUT2D eigenvalue weighted by molar-refractivity contribution is 5.92. The van der Waals surface area contributed by atoms with Crippen molar-refractivity contribution in [3.63, 3.8) is 0 Å². The van der Waals surface area contributed by atoms with Crippen LogP contribution in [0, 0.1) is 6.92 Å². The summed E-state index contributed by atoms with van der Waals surface area (Å²) in [4.78, 5) is 14.3. The van der Waals surface area contributed by atoms with Crippen molar-refractivity contribution in [3.8, 4) is 11.3 Å². The van der Waals surface area contributed by atoms with Gasteiger partial charge in [-0.25, -0.2) is 15.0 Å². The molecule has 1 aliphatic carbocycles. The number of para-hydroxylation sites is 1. The third-order valence-corrected chi connectivity index (χ3v) is 6.42. The highest BCUT2D eigenvalue weighted by atomic mass is 15.1. The number of nitrogens with zero attached hydrogens (tertiary/aromatic N) is 4. The van der Waals surface area contributed by atoms with E-state index in [4.69, 9.17) is 15.7 Å². The van der Waals surface area contributed by atoms with Crippen molar-refractivity contribution in [2.24, 2.45) is 0 Å². The van der Waals surface area contributed by atoms with Crippen LogP contribution in [-0.2, 0) is 0 Å². The van der Waals surface area contributed by atoms with Crippen LogP contribution < -0.4 is 11.1 Å². The molecule has 6 nitrogen and oxygen atoms in total. The lowest BCUT2D eigenvalue weighted by molar-refractivity contribution is 0.400. The molecule has 3 N–H and O–H groups in total. The molecule has 6 heteroatoms. The molecule has 158 valence electrons. The highest BCUT2D eigenvalue weighted by Gasteiger charge is 2.27. The van der Waals surface area contributed by atoms with Gasteiger partial charge in [0, 0.05) is 34.9 Å². The Balaban J connectivity index is 1.49. The standard InChI is InChI=1S/C26H24N6/c1-16-14-22(29-19-8-3-2-4-9-19)30-21-15-18(10-11-20(16)21)23-24-25(27)28-12-13-32(24)26(31-23)17-6-5-7-17/h2-4,8-15,17H,5-7H2,1H3,(H2,27,28)(H,29,30). The number of nitrogen functional groups attached to an aromatic ring is 1. The Hall–Kier alpha value is -3.93. The second-order valence-electron chi connectivity index (χ2n) is 8.52. The van der Waals surface area contributed by atoms with Gasteiger partial charge in [-0.05, 0) is 49.6 Å². The van der Waals surface area contributed by atoms with Gasteiger partial charge in [-0.15, -0.1) is 0 Å². The summed E-state index contributed by atoms with van der Waals surface area (Å²) in [5.41, 5.74) is 12.2. The summed E-state index contributed by atoms with van der Waals surface area (Å²) >= 11 is 0. The smallest absolute Gasteiger partial charge is 0.150 e. The summed E-state index contributed by atoms with van der Waals surface area (Å²) in [6.07, 6.45) is 7.33. The van der Waals surface area contributed by atoms with Gasteiger partial charge in [0.25, 0.3) is 0 Å². The van der Waals surface area contributed by atoms with Crippen molar-refractivity contribution in [1.29, 1.82) is 0 Å². The number of pyridine rings is 1. The van der Waals surface area contributed by atoms with E-state index in [0.29, 0.717) is 11.7 Å². The lowest BCUT2D eigenvalue weighted by atomic mass is 9.85. The normalized spacial score (nSPS) is 14.0. The Labute approximate surface area is 186 Å². The lowest BCUT2D eigenvalue weighted by Gasteiger charge is -2.23. The number of benzene rings is 2. The van der Waals surface area contributed by atoms with Crippen molar-refractivity contribution in [2.45, 2.75) is 32.1 Å². The zero-order valence-corrected chi connectivity index (χ0v) is 17.9. The Morgan fingerprint density at radius 3 is 2.66 bits per heavy atom. The van der Waals surface area contributed by atoms with Crippen LogP contribution in [0.25, 0.3) is 27.7 Å². The Kier molecular flexibility index (Phi) is 4.31. The van der Waals surface area contributed by atoms with E-state index < -0.39 is 0 Å². The average molecular weight is 421 g/mol. The number of imidazole rings is 1. The number of hydrogen-bond donors (Lipinski definition) is 2. The number of rotatable bonds is 4. The average Bonchev–Trinajstić information content (AvgIpc) is 3.13. The van der Waals surface area contributed by atoms with Gasteiger partial charge in [-0.3, -0.25) is 4.40 Å². The van der Waals surface area contributed by atoms with Crippen molar-refractivity contribution >= 4 is 33.7 Å². The van der Waals surface area contributed by atoms with Gasteiger partial charge in [0.2, 0.25) is 0 Å². The molecule has 0 saturated heterocycles. The van der Waals surface area contributed by atoms with E-state index in [1.807, 2.05) is 36.5 Å². The van der Waals surface area contributed by atoms with Crippen LogP contribution in [0.1, 0.15) is 36.6 Å². The molecule has 0 atom stereocenters. The number of aryl methyl sites for hydroxylation is 1. The number of aromatic nitrogens is 4. The van der Waals surface area contributed by atoms with Crippen molar-refractivity contribution < 1.29 is 0 Å². The summed E-state index contributed by atoms with van der Waals surface area (Å²) < 4.78 is 2.12. The fourth-order valence-electron chi connectivity index (χ4n) is 4.53. The molecule has 1 saturated carbocycles. The number of hydrogen-bond acceptors (Lipinski definition) is 5. The third-order valence-electron chi connectivity index (χ3n) is 6.42. The lowest BCUT2D eigenvalue weighted by Crippen LogP contribution is -2.12. The van der Waals surface area contributed by atoms with E-state index >= 15 is 0 Å². The van der Waals surface area contributed by atoms with E-state index in [2.05, 4.69) is 45.9 Å². The molecule has 0 radical (unpaired) electrons. The van der Waals surface area contributed by atoms with E-state index in [1.54, 1.807) is 6.20 Å². The van der Waals surface area contributed by atoms with Crippen molar-refractivity contribution in [1.82, 2.24) is 19.4 Å². The molecule has 3 heterocycles. The minimum atomic E-state index is 0.487. The van der Waals surface area contributed by atoms with Crippen molar-refractivity contribution in [2.75, 3.05) is 11.1 Å². The van der Waals surface area contributed by atoms with Crippen LogP contribution >= 0.6 is 0 Å². The molecule has 0 unspecified atom stereocenters. The first-order valence-electron chi connectivity index (χ1n) is 11.0. The van der Waals surface area contributed by atoms with E-state index in [1.165, 1.54) is 24.8 Å². The molecule has 0 spiro atoms. The number of fused-ring (bicyclic) bond motifs is 2. The molecule has 2 aromatic carbocycles. The Morgan fingerprint density at radius 2 is 1.88 bits per heavy atom. The van der Waals surface area contributed by atoms with Crippen molar-refractivity contribution in [3.05, 3.63) is 78.4 Å². The van der Waals surface area contributed by atoms with Gasteiger partial charge in [0.15, 0.2) is 0 Å². The monoisotopic (exact) mass is 420 g/mol. The van der Waals surface area contributed by atoms with Gasteiger partial charge in [0.1, 0.15) is 28.7 Å². The first kappa shape index (κ1) is 18.8. The van der Waals surface area contributed by atoms with Gasteiger partial charge in [-0.2, -0.15) is 0 Å². The number of anilines is 3. The SMILES string of the molecule is Cc1cc(Nc2ccccc2)nc2cc(-c3nc(C4CCC4)n4ccnc(N)c34)ccc12. The van der Waals surface area contributed by atoms with E-state index in [0.717, 1.165) is 45.0 Å². The molecular weight excluding hydrogens is 396 g/mol. The largest absolute Gasteiger partial charge is 0.382 e. The summed E-state index contributed by atoms with van der Waals surface area (Å²) in [6.45, 7) is 2.11. The predicted octanol–water partition coefficient (Wildman–Crippen LogP) is 5.85. The van der Waals surface area contributed by atoms with Crippen LogP contribution in [0.5, 0.6) is 0 Å². The zero-order chi connectivity index (χ0) is 21.7. The number of nitrogens with one attached hydrogen (secondary N) is 1. The Morgan fingerprint density at radius 1 is 1.03 bits per heavy atom. The minimum absolute atomic E-state index is 0.487. The van der Waals surface area contributed by atoms with Crippen LogP contribution in [0.3, 0.4) is 0 Å². The van der Waals surface area contributed by atoms with Crippen LogP contribution in [0.4, 0.5) is 17.3 Å². The maximum absolute atomic E-state index is 6.32.